The van der Waals surface area contributed by atoms with Gasteiger partial charge in [0.1, 0.15) is 0 Å². The molecule has 0 aliphatic carbocycles. The molecule has 4 heteroatoms. The van der Waals surface area contributed by atoms with E-state index in [9.17, 15) is 0 Å². The van der Waals surface area contributed by atoms with E-state index < -0.39 is 0 Å². The van der Waals surface area contributed by atoms with E-state index in [4.69, 9.17) is 18.0 Å². The van der Waals surface area contributed by atoms with E-state index in [1.165, 1.54) is 29.1 Å². The van der Waals surface area contributed by atoms with Crippen LogP contribution in [0.3, 0.4) is 0 Å². The van der Waals surface area contributed by atoms with Crippen LogP contribution >= 0.6 is 24.0 Å². The second kappa shape index (κ2) is 5.81. The SMILES string of the molecule is NC(=S)C1CCCCN1CC1CSc2ccccc21. The second-order valence-electron chi connectivity index (χ2n) is 5.45. The van der Waals surface area contributed by atoms with Crippen LogP contribution in [0.15, 0.2) is 29.2 Å². The number of thiocarbonyl (C=S) groups is 1. The Hall–Kier alpha value is -0.580. The van der Waals surface area contributed by atoms with E-state index >= 15 is 0 Å². The van der Waals surface area contributed by atoms with Crippen LogP contribution in [0, 0.1) is 0 Å². The number of nitrogens with two attached hydrogens (primary N) is 1. The van der Waals surface area contributed by atoms with E-state index in [0.29, 0.717) is 16.9 Å². The first-order valence-corrected chi connectivity index (χ1v) is 8.40. The first-order valence-electron chi connectivity index (χ1n) is 7.01. The molecule has 2 nitrogen and oxygen atoms in total. The van der Waals surface area contributed by atoms with Gasteiger partial charge in [-0.3, -0.25) is 4.90 Å². The molecule has 0 aromatic heterocycles. The minimum atomic E-state index is 0.321. The molecule has 2 aliphatic rings. The van der Waals surface area contributed by atoms with Crippen LogP contribution < -0.4 is 5.73 Å². The number of piperidine rings is 1. The molecule has 102 valence electrons. The van der Waals surface area contributed by atoms with Gasteiger partial charge in [0, 0.05) is 23.1 Å². The topological polar surface area (TPSA) is 29.3 Å². The summed E-state index contributed by atoms with van der Waals surface area (Å²) in [5.41, 5.74) is 7.42. The number of benzene rings is 1. The summed E-state index contributed by atoms with van der Waals surface area (Å²) in [6.45, 7) is 2.25. The van der Waals surface area contributed by atoms with E-state index in [2.05, 4.69) is 29.2 Å². The molecular formula is C15H20N2S2. The average Bonchev–Trinajstić information content (AvgIpc) is 2.83. The smallest absolute Gasteiger partial charge is 0.0902 e. The summed E-state index contributed by atoms with van der Waals surface area (Å²) in [4.78, 5) is 4.65. The van der Waals surface area contributed by atoms with Crippen molar-refractivity contribution in [2.45, 2.75) is 36.1 Å². The Kier molecular flexibility index (Phi) is 4.10. The van der Waals surface area contributed by atoms with Gasteiger partial charge in [0.05, 0.1) is 11.0 Å². The highest BCUT2D eigenvalue weighted by Crippen LogP contribution is 2.40. The third-order valence-electron chi connectivity index (χ3n) is 4.20. The minimum Gasteiger partial charge on any atom is -0.392 e. The van der Waals surface area contributed by atoms with Crippen molar-refractivity contribution in [1.82, 2.24) is 4.90 Å². The Morgan fingerprint density at radius 3 is 3.05 bits per heavy atom. The van der Waals surface area contributed by atoms with Gasteiger partial charge in [0.2, 0.25) is 0 Å². The highest BCUT2D eigenvalue weighted by molar-refractivity contribution is 7.99. The number of fused-ring (bicyclic) bond motifs is 1. The van der Waals surface area contributed by atoms with Crippen LogP contribution in [0.1, 0.15) is 30.7 Å². The van der Waals surface area contributed by atoms with Gasteiger partial charge in [0.25, 0.3) is 0 Å². The van der Waals surface area contributed by atoms with Gasteiger partial charge >= 0.3 is 0 Å². The van der Waals surface area contributed by atoms with Crippen molar-refractivity contribution in [3.8, 4) is 0 Å². The van der Waals surface area contributed by atoms with Gasteiger partial charge in [-0.15, -0.1) is 11.8 Å². The molecule has 2 heterocycles. The van der Waals surface area contributed by atoms with Crippen LogP contribution in [-0.2, 0) is 0 Å². The first-order chi connectivity index (χ1) is 9.25. The van der Waals surface area contributed by atoms with Gasteiger partial charge in [-0.25, -0.2) is 0 Å². The van der Waals surface area contributed by atoms with Crippen LogP contribution in [0.25, 0.3) is 0 Å². The second-order valence-corrected chi connectivity index (χ2v) is 6.99. The lowest BCUT2D eigenvalue weighted by Gasteiger charge is -2.36. The zero-order valence-corrected chi connectivity index (χ0v) is 12.7. The molecule has 19 heavy (non-hydrogen) atoms. The van der Waals surface area contributed by atoms with E-state index in [-0.39, 0.29) is 0 Å². The van der Waals surface area contributed by atoms with Gasteiger partial charge in [-0.2, -0.15) is 0 Å². The average molecular weight is 292 g/mol. The largest absolute Gasteiger partial charge is 0.392 e. The number of hydrogen-bond donors (Lipinski definition) is 1. The summed E-state index contributed by atoms with van der Waals surface area (Å²) in [5, 5.41) is 0. The number of thioether (sulfide) groups is 1. The summed E-state index contributed by atoms with van der Waals surface area (Å²) < 4.78 is 0. The quantitative estimate of drug-likeness (QED) is 0.867. The summed E-state index contributed by atoms with van der Waals surface area (Å²) in [6.07, 6.45) is 3.67. The molecule has 0 amide bonds. The molecule has 2 unspecified atom stereocenters. The molecule has 0 saturated carbocycles. The fourth-order valence-corrected chi connectivity index (χ4v) is 4.70. The third-order valence-corrected chi connectivity index (χ3v) is 5.72. The molecule has 1 aromatic rings. The zero-order chi connectivity index (χ0) is 13.2. The lowest BCUT2D eigenvalue weighted by molar-refractivity contribution is 0.185. The number of hydrogen-bond acceptors (Lipinski definition) is 3. The standard InChI is InChI=1S/C15H20N2S2/c16-15(18)13-6-3-4-8-17(13)9-11-10-19-14-7-2-1-5-12(11)14/h1-2,5,7,11,13H,3-4,6,8-10H2,(H2,16,18). The molecule has 3 rings (SSSR count). The molecular weight excluding hydrogens is 272 g/mol. The zero-order valence-electron chi connectivity index (χ0n) is 11.0. The molecule has 2 atom stereocenters. The van der Waals surface area contributed by atoms with Crippen molar-refractivity contribution in [1.29, 1.82) is 0 Å². The number of likely N-dealkylation sites (tertiary alicyclic amines) is 1. The Morgan fingerprint density at radius 2 is 2.21 bits per heavy atom. The van der Waals surface area contributed by atoms with Crippen molar-refractivity contribution in [2.24, 2.45) is 5.73 Å². The summed E-state index contributed by atoms with van der Waals surface area (Å²) in [7, 11) is 0. The molecule has 0 radical (unpaired) electrons. The van der Waals surface area contributed by atoms with E-state index in [1.54, 1.807) is 0 Å². The van der Waals surface area contributed by atoms with Gasteiger partial charge in [-0.1, -0.05) is 36.8 Å². The maximum atomic E-state index is 5.91. The van der Waals surface area contributed by atoms with Gasteiger partial charge < -0.3 is 5.73 Å². The van der Waals surface area contributed by atoms with Crippen molar-refractivity contribution >= 4 is 29.0 Å². The molecule has 1 fully saturated rings. The van der Waals surface area contributed by atoms with Crippen LogP contribution in [0.5, 0.6) is 0 Å². The molecule has 1 aromatic carbocycles. The normalized spacial score (nSPS) is 27.2. The Bertz CT molecular complexity index is 475. The van der Waals surface area contributed by atoms with E-state index in [1.807, 2.05) is 11.8 Å². The molecule has 0 spiro atoms. The summed E-state index contributed by atoms with van der Waals surface area (Å²) in [6, 6.07) is 9.12. The Labute approximate surface area is 124 Å². The summed E-state index contributed by atoms with van der Waals surface area (Å²) >= 11 is 7.23. The van der Waals surface area contributed by atoms with Crippen LogP contribution in [-0.4, -0.2) is 34.8 Å². The first kappa shape index (κ1) is 13.4. The molecule has 2 N–H and O–H groups in total. The fraction of sp³-hybridized carbons (Fsp3) is 0.533. The van der Waals surface area contributed by atoms with Crippen LogP contribution in [0.4, 0.5) is 0 Å². The highest BCUT2D eigenvalue weighted by atomic mass is 32.2. The fourth-order valence-electron chi connectivity index (χ4n) is 3.20. The third kappa shape index (κ3) is 2.81. The minimum absolute atomic E-state index is 0.321. The van der Waals surface area contributed by atoms with Gasteiger partial charge in [0.15, 0.2) is 0 Å². The summed E-state index contributed by atoms with van der Waals surface area (Å²) in [5.74, 6) is 1.83. The lowest BCUT2D eigenvalue weighted by Crippen LogP contribution is -2.48. The van der Waals surface area contributed by atoms with Crippen molar-refractivity contribution in [3.05, 3.63) is 29.8 Å². The number of rotatable bonds is 3. The number of nitrogens with zero attached hydrogens (tertiary/aromatic N) is 1. The van der Waals surface area contributed by atoms with E-state index in [0.717, 1.165) is 19.5 Å². The predicted molar refractivity (Wildman–Crippen MR) is 85.9 cm³/mol. The molecule has 1 saturated heterocycles. The van der Waals surface area contributed by atoms with Crippen LogP contribution in [0.2, 0.25) is 0 Å². The van der Waals surface area contributed by atoms with Crippen molar-refractivity contribution in [2.75, 3.05) is 18.8 Å². The lowest BCUT2D eigenvalue weighted by atomic mass is 9.96. The molecule has 2 aliphatic heterocycles. The van der Waals surface area contributed by atoms with Crippen molar-refractivity contribution in [3.63, 3.8) is 0 Å². The maximum absolute atomic E-state index is 5.91. The Morgan fingerprint density at radius 1 is 1.37 bits per heavy atom. The highest BCUT2D eigenvalue weighted by Gasteiger charge is 2.30. The molecule has 0 bridgehead atoms. The van der Waals surface area contributed by atoms with Crippen molar-refractivity contribution < 1.29 is 0 Å². The predicted octanol–water partition coefficient (Wildman–Crippen LogP) is 3.02. The monoisotopic (exact) mass is 292 g/mol. The van der Waals surface area contributed by atoms with Gasteiger partial charge in [-0.05, 0) is 31.0 Å². The Balaban J connectivity index is 1.73. The maximum Gasteiger partial charge on any atom is 0.0902 e.